The molecule has 1 N–H and O–H groups in total. The molecule has 3 rings (SSSR count). The molecule has 1 aliphatic rings. The van der Waals surface area contributed by atoms with E-state index >= 15 is 0 Å². The zero-order valence-electron chi connectivity index (χ0n) is 14.0. The van der Waals surface area contributed by atoms with Crippen molar-refractivity contribution in [3.05, 3.63) is 64.5 Å². The Morgan fingerprint density at radius 1 is 1.04 bits per heavy atom. The zero-order chi connectivity index (χ0) is 18.1. The highest BCUT2D eigenvalue weighted by Crippen LogP contribution is 2.30. The lowest BCUT2D eigenvalue weighted by atomic mass is 9.91. The normalized spacial score (nSPS) is 19.2. The number of halogens is 3. The van der Waals surface area contributed by atoms with Crippen molar-refractivity contribution in [2.45, 2.75) is 20.3 Å². The van der Waals surface area contributed by atoms with Gasteiger partial charge in [0.15, 0.2) is 0 Å². The highest BCUT2D eigenvalue weighted by molar-refractivity contribution is 5.99. The van der Waals surface area contributed by atoms with Gasteiger partial charge in [0, 0.05) is 18.2 Å². The van der Waals surface area contributed by atoms with Gasteiger partial charge in [-0.05, 0) is 71.9 Å². The molecule has 1 fully saturated rings. The summed E-state index contributed by atoms with van der Waals surface area (Å²) >= 11 is 0. The predicted molar refractivity (Wildman–Crippen MR) is 91.3 cm³/mol. The first-order valence-corrected chi connectivity index (χ1v) is 8.09. The molecule has 1 atom stereocenters. The van der Waals surface area contributed by atoms with E-state index in [1.54, 1.807) is 13.0 Å². The van der Waals surface area contributed by atoms with Crippen LogP contribution in [0.5, 0.6) is 0 Å². The van der Waals surface area contributed by atoms with Gasteiger partial charge < -0.3 is 5.32 Å². The summed E-state index contributed by atoms with van der Waals surface area (Å²) in [7, 11) is 0. The molecule has 1 aliphatic heterocycles. The fourth-order valence-corrected chi connectivity index (χ4v) is 3.09. The van der Waals surface area contributed by atoms with Gasteiger partial charge in [-0.15, -0.1) is 0 Å². The van der Waals surface area contributed by atoms with Crippen molar-refractivity contribution in [3.8, 4) is 11.1 Å². The van der Waals surface area contributed by atoms with Gasteiger partial charge >= 0.3 is 0 Å². The summed E-state index contributed by atoms with van der Waals surface area (Å²) in [6, 6.07) is 5.67. The molecule has 2 aromatic carbocycles. The van der Waals surface area contributed by atoms with Crippen LogP contribution in [-0.4, -0.2) is 12.5 Å². The van der Waals surface area contributed by atoms with Crippen molar-refractivity contribution in [2.24, 2.45) is 5.92 Å². The molecule has 0 radical (unpaired) electrons. The van der Waals surface area contributed by atoms with Crippen molar-refractivity contribution in [1.82, 2.24) is 5.32 Å². The van der Waals surface area contributed by atoms with E-state index in [9.17, 15) is 18.0 Å². The SMILES string of the molecule is Cc1c(/C=C2\C[C@H](C)CNC2=O)cc(F)cc1-c1cc(F)cc(F)c1. The standard InChI is InChI=1S/C20H18F3NO/c1-11-3-15(20(25)24-10-11)4-13-5-18(23)9-19(12(13)2)14-6-16(21)8-17(22)7-14/h4-9,11H,3,10H2,1-2H3,(H,24,25)/b15-4+/t11-/m0/s1. The Kier molecular flexibility index (Phi) is 4.66. The van der Waals surface area contributed by atoms with Crippen molar-refractivity contribution in [1.29, 1.82) is 0 Å². The maximum Gasteiger partial charge on any atom is 0.247 e. The molecule has 1 saturated heterocycles. The highest BCUT2D eigenvalue weighted by atomic mass is 19.1. The van der Waals surface area contributed by atoms with E-state index in [2.05, 4.69) is 5.32 Å². The summed E-state index contributed by atoms with van der Waals surface area (Å²) in [6.07, 6.45) is 2.26. The van der Waals surface area contributed by atoms with E-state index in [4.69, 9.17) is 0 Å². The van der Waals surface area contributed by atoms with Crippen molar-refractivity contribution >= 4 is 12.0 Å². The van der Waals surface area contributed by atoms with Crippen LogP contribution >= 0.6 is 0 Å². The Labute approximate surface area is 144 Å². The molecular weight excluding hydrogens is 327 g/mol. The van der Waals surface area contributed by atoms with E-state index < -0.39 is 17.5 Å². The van der Waals surface area contributed by atoms with Crippen molar-refractivity contribution in [3.63, 3.8) is 0 Å². The largest absolute Gasteiger partial charge is 0.352 e. The van der Waals surface area contributed by atoms with E-state index in [1.165, 1.54) is 12.1 Å². The lowest BCUT2D eigenvalue weighted by molar-refractivity contribution is -0.118. The van der Waals surface area contributed by atoms with Crippen LogP contribution < -0.4 is 5.32 Å². The summed E-state index contributed by atoms with van der Waals surface area (Å²) in [5.41, 5.74) is 2.41. The fraction of sp³-hybridized carbons (Fsp3) is 0.250. The molecule has 130 valence electrons. The van der Waals surface area contributed by atoms with Crippen LogP contribution in [-0.2, 0) is 4.79 Å². The number of amides is 1. The highest BCUT2D eigenvalue weighted by Gasteiger charge is 2.20. The number of carbonyl (C=O) groups excluding carboxylic acids is 1. The van der Waals surface area contributed by atoms with E-state index in [0.717, 1.165) is 18.2 Å². The smallest absolute Gasteiger partial charge is 0.247 e. The Hall–Kier alpha value is -2.56. The second-order valence-electron chi connectivity index (χ2n) is 6.51. The molecule has 25 heavy (non-hydrogen) atoms. The first-order chi connectivity index (χ1) is 11.8. The molecule has 0 spiro atoms. The molecule has 0 unspecified atom stereocenters. The second kappa shape index (κ2) is 6.75. The predicted octanol–water partition coefficient (Wildman–Crippen LogP) is 4.62. The number of nitrogens with one attached hydrogen (secondary N) is 1. The van der Waals surface area contributed by atoms with Crippen molar-refractivity contribution < 1.29 is 18.0 Å². The molecule has 0 saturated carbocycles. The summed E-state index contributed by atoms with van der Waals surface area (Å²) < 4.78 is 41.1. The van der Waals surface area contributed by atoms with Crippen LogP contribution in [0.4, 0.5) is 13.2 Å². The lowest BCUT2D eigenvalue weighted by Gasteiger charge is -2.21. The minimum atomic E-state index is -0.723. The maximum atomic E-state index is 14.1. The lowest BCUT2D eigenvalue weighted by Crippen LogP contribution is -2.35. The minimum Gasteiger partial charge on any atom is -0.352 e. The molecular formula is C20H18F3NO. The topological polar surface area (TPSA) is 29.1 Å². The number of hydrogen-bond acceptors (Lipinski definition) is 1. The Bertz CT molecular complexity index is 853. The van der Waals surface area contributed by atoms with E-state index in [0.29, 0.717) is 41.1 Å². The van der Waals surface area contributed by atoms with Crippen LogP contribution in [0.3, 0.4) is 0 Å². The fourth-order valence-electron chi connectivity index (χ4n) is 3.09. The van der Waals surface area contributed by atoms with Crippen LogP contribution in [0.2, 0.25) is 0 Å². The molecule has 0 aromatic heterocycles. The summed E-state index contributed by atoms with van der Waals surface area (Å²) in [6.45, 7) is 4.38. The second-order valence-corrected chi connectivity index (χ2v) is 6.51. The van der Waals surface area contributed by atoms with Crippen LogP contribution in [0.25, 0.3) is 17.2 Å². The summed E-state index contributed by atoms with van der Waals surface area (Å²) in [4.78, 5) is 12.0. The Morgan fingerprint density at radius 2 is 1.68 bits per heavy atom. The van der Waals surface area contributed by atoms with Gasteiger partial charge in [-0.1, -0.05) is 6.92 Å². The summed E-state index contributed by atoms with van der Waals surface area (Å²) in [5.74, 6) is -1.84. The van der Waals surface area contributed by atoms with Gasteiger partial charge in [0.05, 0.1) is 0 Å². The van der Waals surface area contributed by atoms with Crippen molar-refractivity contribution in [2.75, 3.05) is 6.54 Å². The average molecular weight is 345 g/mol. The van der Waals surface area contributed by atoms with Gasteiger partial charge in [0.2, 0.25) is 5.91 Å². The quantitative estimate of drug-likeness (QED) is 0.791. The van der Waals surface area contributed by atoms with Gasteiger partial charge in [0.1, 0.15) is 17.5 Å². The third-order valence-electron chi connectivity index (χ3n) is 4.39. The third kappa shape index (κ3) is 3.76. The molecule has 0 bridgehead atoms. The minimum absolute atomic E-state index is 0.167. The Balaban J connectivity index is 2.10. The molecule has 5 heteroatoms. The number of carbonyl (C=O) groups is 1. The van der Waals surface area contributed by atoms with Gasteiger partial charge in [-0.25, -0.2) is 13.2 Å². The van der Waals surface area contributed by atoms with Gasteiger partial charge in [-0.2, -0.15) is 0 Å². The number of hydrogen-bond donors (Lipinski definition) is 1. The van der Waals surface area contributed by atoms with E-state index in [-0.39, 0.29) is 11.5 Å². The number of piperidine rings is 1. The van der Waals surface area contributed by atoms with Crippen LogP contribution in [0.15, 0.2) is 35.9 Å². The monoisotopic (exact) mass is 345 g/mol. The molecule has 1 amide bonds. The maximum absolute atomic E-state index is 14.1. The number of rotatable bonds is 2. The van der Waals surface area contributed by atoms with Crippen LogP contribution in [0, 0.1) is 30.3 Å². The third-order valence-corrected chi connectivity index (χ3v) is 4.39. The van der Waals surface area contributed by atoms with Gasteiger partial charge in [-0.3, -0.25) is 4.79 Å². The molecule has 2 aromatic rings. The summed E-state index contributed by atoms with van der Waals surface area (Å²) in [5, 5.41) is 2.80. The molecule has 1 heterocycles. The average Bonchev–Trinajstić information content (AvgIpc) is 2.53. The Morgan fingerprint density at radius 3 is 2.36 bits per heavy atom. The first-order valence-electron chi connectivity index (χ1n) is 8.09. The molecule has 0 aliphatic carbocycles. The first kappa shape index (κ1) is 17.3. The van der Waals surface area contributed by atoms with Crippen LogP contribution in [0.1, 0.15) is 24.5 Å². The van der Waals surface area contributed by atoms with E-state index in [1.807, 2.05) is 6.92 Å². The number of benzene rings is 2. The molecule has 2 nitrogen and oxygen atoms in total. The van der Waals surface area contributed by atoms with Gasteiger partial charge in [0.25, 0.3) is 0 Å². The zero-order valence-corrected chi connectivity index (χ0v) is 14.0.